The molecule has 4 heterocycles. The van der Waals surface area contributed by atoms with Gasteiger partial charge in [-0.3, -0.25) is 9.69 Å². The number of nitrogens with two attached hydrogens (primary N) is 1. The maximum absolute atomic E-state index is 15.0. The van der Waals surface area contributed by atoms with Gasteiger partial charge in [-0.1, -0.05) is 0 Å². The van der Waals surface area contributed by atoms with Gasteiger partial charge in [0.05, 0.1) is 12.0 Å². The zero-order valence-corrected chi connectivity index (χ0v) is 23.0. The smallest absolute Gasteiger partial charge is 0.253 e. The number of halogens is 1. The van der Waals surface area contributed by atoms with Crippen molar-refractivity contribution in [2.24, 2.45) is 0 Å². The number of hydrogen-bond acceptors (Lipinski definition) is 10. The van der Waals surface area contributed by atoms with Gasteiger partial charge in [0.1, 0.15) is 11.5 Å². The zero-order chi connectivity index (χ0) is 28.2. The van der Waals surface area contributed by atoms with Crippen LogP contribution in [0.3, 0.4) is 0 Å². The van der Waals surface area contributed by atoms with Gasteiger partial charge in [-0.25, -0.2) is 4.39 Å². The van der Waals surface area contributed by atoms with E-state index in [0.717, 1.165) is 19.6 Å². The van der Waals surface area contributed by atoms with Crippen LogP contribution < -0.4 is 20.9 Å². The van der Waals surface area contributed by atoms with Gasteiger partial charge in [0, 0.05) is 78.1 Å². The van der Waals surface area contributed by atoms with E-state index in [1.807, 2.05) is 36.0 Å². The number of aromatic nitrogens is 4. The average molecular weight is 551 g/mol. The molecule has 0 aliphatic carbocycles. The Morgan fingerprint density at radius 2 is 1.93 bits per heavy atom. The van der Waals surface area contributed by atoms with Crippen LogP contribution in [0.1, 0.15) is 10.4 Å². The number of nitrogens with one attached hydrogen (secondary N) is 1. The molecule has 1 amide bonds. The highest BCUT2D eigenvalue weighted by atomic mass is 19.1. The molecule has 3 N–H and O–H groups in total. The van der Waals surface area contributed by atoms with E-state index < -0.39 is 0 Å². The summed E-state index contributed by atoms with van der Waals surface area (Å²) in [6, 6.07) is 10.2. The van der Waals surface area contributed by atoms with Gasteiger partial charge in [0.25, 0.3) is 5.91 Å². The Bertz CT molecular complexity index is 1450. The van der Waals surface area contributed by atoms with Gasteiger partial charge < -0.3 is 30.2 Å². The SMILES string of the molecule is CNCCN(C)C(=O)c1ccc(N2CCN(CCN(C)c3nc(N)n4nc(-c5ccco5)cc4n3)CC2)c(F)c1. The molecule has 1 saturated heterocycles. The maximum atomic E-state index is 15.0. The van der Waals surface area contributed by atoms with Crippen LogP contribution in [0.25, 0.3) is 17.1 Å². The molecule has 0 saturated carbocycles. The summed E-state index contributed by atoms with van der Waals surface area (Å²) in [5.41, 5.74) is 8.28. The van der Waals surface area contributed by atoms with Crippen LogP contribution in [0.2, 0.25) is 0 Å². The van der Waals surface area contributed by atoms with Gasteiger partial charge in [-0.2, -0.15) is 19.6 Å². The third kappa shape index (κ3) is 5.84. The number of nitrogen functional groups attached to an aromatic ring is 1. The van der Waals surface area contributed by atoms with E-state index in [2.05, 4.69) is 25.3 Å². The van der Waals surface area contributed by atoms with Crippen molar-refractivity contribution in [3.63, 3.8) is 0 Å². The van der Waals surface area contributed by atoms with Crippen molar-refractivity contribution in [1.29, 1.82) is 0 Å². The van der Waals surface area contributed by atoms with E-state index in [4.69, 9.17) is 10.2 Å². The molecule has 1 aliphatic heterocycles. The van der Waals surface area contributed by atoms with Gasteiger partial charge >= 0.3 is 0 Å². The Labute approximate surface area is 232 Å². The first-order valence-electron chi connectivity index (χ1n) is 13.3. The molecule has 12 nitrogen and oxygen atoms in total. The monoisotopic (exact) mass is 550 g/mol. The second kappa shape index (κ2) is 11.9. The summed E-state index contributed by atoms with van der Waals surface area (Å²) in [5.74, 6) is 0.837. The number of nitrogens with zero attached hydrogens (tertiary/aromatic N) is 8. The van der Waals surface area contributed by atoms with E-state index in [0.29, 0.717) is 67.0 Å². The summed E-state index contributed by atoms with van der Waals surface area (Å²) in [6.45, 7) is 5.69. The standard InChI is InChI=1S/C27H35FN10O2/c1-30-8-9-34(2)25(39)19-6-7-22(20(28)17-19)37-14-12-36(13-15-37)11-10-35(3)27-31-24-18-21(23-5-4-16-40-23)33-38(24)26(29)32-27/h4-7,16-18,30H,8-15H2,1-3H3,(H2,29,31,32). The van der Waals surface area contributed by atoms with Crippen molar-refractivity contribution in [1.82, 2.24) is 34.7 Å². The molecule has 1 fully saturated rings. The summed E-state index contributed by atoms with van der Waals surface area (Å²) >= 11 is 0. The molecular formula is C27H35FN10O2. The second-order valence-corrected chi connectivity index (χ2v) is 9.91. The van der Waals surface area contributed by atoms with Crippen molar-refractivity contribution in [3.05, 3.63) is 54.0 Å². The lowest BCUT2D eigenvalue weighted by atomic mass is 10.1. The van der Waals surface area contributed by atoms with Crippen molar-refractivity contribution in [3.8, 4) is 11.5 Å². The fourth-order valence-electron chi connectivity index (χ4n) is 4.71. The molecule has 0 radical (unpaired) electrons. The molecule has 1 aliphatic rings. The Kier molecular flexibility index (Phi) is 8.12. The van der Waals surface area contributed by atoms with Crippen LogP contribution in [-0.4, -0.2) is 109 Å². The molecule has 0 bridgehead atoms. The molecule has 0 atom stereocenters. The summed E-state index contributed by atoms with van der Waals surface area (Å²) < 4.78 is 21.9. The van der Waals surface area contributed by atoms with Crippen molar-refractivity contribution < 1.29 is 13.6 Å². The minimum atomic E-state index is -0.374. The Balaban J connectivity index is 1.15. The Morgan fingerprint density at radius 3 is 2.62 bits per heavy atom. The number of piperazine rings is 1. The van der Waals surface area contributed by atoms with Crippen LogP contribution in [0.15, 0.2) is 47.1 Å². The molecule has 1 aromatic carbocycles. The van der Waals surface area contributed by atoms with Crippen LogP contribution in [-0.2, 0) is 0 Å². The van der Waals surface area contributed by atoms with Gasteiger partial charge in [0.2, 0.25) is 11.9 Å². The van der Waals surface area contributed by atoms with Gasteiger partial charge in [-0.05, 0) is 37.4 Å². The maximum Gasteiger partial charge on any atom is 0.253 e. The van der Waals surface area contributed by atoms with E-state index >= 15 is 0 Å². The first-order valence-corrected chi connectivity index (χ1v) is 13.3. The van der Waals surface area contributed by atoms with Crippen LogP contribution in [0.5, 0.6) is 0 Å². The summed E-state index contributed by atoms with van der Waals surface area (Å²) in [7, 11) is 5.48. The highest BCUT2D eigenvalue weighted by Gasteiger charge is 2.22. The molecule has 13 heteroatoms. The minimum absolute atomic E-state index is 0.189. The molecular weight excluding hydrogens is 515 g/mol. The van der Waals surface area contributed by atoms with Crippen molar-refractivity contribution in [2.45, 2.75) is 0 Å². The molecule has 40 heavy (non-hydrogen) atoms. The topological polar surface area (TPSA) is 124 Å². The van der Waals surface area contributed by atoms with Gasteiger partial charge in [-0.15, -0.1) is 0 Å². The lowest BCUT2D eigenvalue weighted by Crippen LogP contribution is -2.48. The summed E-state index contributed by atoms with van der Waals surface area (Å²) in [5, 5.41) is 7.45. The largest absolute Gasteiger partial charge is 0.463 e. The highest BCUT2D eigenvalue weighted by molar-refractivity contribution is 5.94. The third-order valence-electron chi connectivity index (χ3n) is 7.15. The molecule has 5 rings (SSSR count). The number of carbonyl (C=O) groups excluding carboxylic acids is 1. The first kappa shape index (κ1) is 27.3. The number of carbonyl (C=O) groups is 1. The number of anilines is 3. The molecule has 4 aromatic rings. The Hall–Kier alpha value is -4.23. The number of fused-ring (bicyclic) bond motifs is 1. The molecule has 0 spiro atoms. The number of furan rings is 1. The van der Waals surface area contributed by atoms with E-state index in [1.54, 1.807) is 36.4 Å². The van der Waals surface area contributed by atoms with Crippen molar-refractivity contribution in [2.75, 3.05) is 89.0 Å². The third-order valence-corrected chi connectivity index (χ3v) is 7.15. The number of rotatable bonds is 10. The predicted octanol–water partition coefficient (Wildman–Crippen LogP) is 1.66. The fourth-order valence-corrected chi connectivity index (χ4v) is 4.71. The van der Waals surface area contributed by atoms with Crippen LogP contribution >= 0.6 is 0 Å². The van der Waals surface area contributed by atoms with Crippen molar-refractivity contribution >= 4 is 29.1 Å². The zero-order valence-electron chi connectivity index (χ0n) is 23.0. The lowest BCUT2D eigenvalue weighted by Gasteiger charge is -2.36. The van der Waals surface area contributed by atoms with Crippen LogP contribution in [0, 0.1) is 5.82 Å². The molecule has 212 valence electrons. The van der Waals surface area contributed by atoms with Crippen LogP contribution in [0.4, 0.5) is 22.0 Å². The quantitative estimate of drug-likeness (QED) is 0.301. The van der Waals surface area contributed by atoms with E-state index in [1.165, 1.54) is 10.6 Å². The second-order valence-electron chi connectivity index (χ2n) is 9.91. The number of benzene rings is 1. The summed E-state index contributed by atoms with van der Waals surface area (Å²) in [4.78, 5) is 29.6. The lowest BCUT2D eigenvalue weighted by molar-refractivity contribution is 0.0796. The van der Waals surface area contributed by atoms with Gasteiger partial charge in [0.15, 0.2) is 11.4 Å². The van der Waals surface area contributed by atoms with E-state index in [9.17, 15) is 9.18 Å². The number of hydrogen-bond donors (Lipinski definition) is 2. The predicted molar refractivity (Wildman–Crippen MR) is 152 cm³/mol. The highest BCUT2D eigenvalue weighted by Crippen LogP contribution is 2.24. The average Bonchev–Trinajstić information content (AvgIpc) is 3.65. The first-order chi connectivity index (χ1) is 19.3. The fraction of sp³-hybridized carbons (Fsp3) is 0.407. The molecule has 0 unspecified atom stereocenters. The van der Waals surface area contributed by atoms with E-state index in [-0.39, 0.29) is 17.7 Å². The number of amides is 1. The Morgan fingerprint density at radius 1 is 1.12 bits per heavy atom. The molecule has 3 aromatic heterocycles. The number of likely N-dealkylation sites (N-methyl/N-ethyl adjacent to an activating group) is 3. The normalized spacial score (nSPS) is 14.2. The minimum Gasteiger partial charge on any atom is -0.463 e. The summed E-state index contributed by atoms with van der Waals surface area (Å²) in [6.07, 6.45) is 1.59.